The summed E-state index contributed by atoms with van der Waals surface area (Å²) in [6, 6.07) is 1.96. The Hall–Kier alpha value is -2.26. The Labute approximate surface area is 147 Å². The number of carbonyl (C=O) groups excluding carboxylic acids is 3. The van der Waals surface area contributed by atoms with Crippen molar-refractivity contribution in [2.75, 3.05) is 27.2 Å². The minimum Gasteiger partial charge on any atom is -0.455 e. The zero-order chi connectivity index (χ0) is 17.5. The van der Waals surface area contributed by atoms with E-state index in [1.807, 2.05) is 16.8 Å². The summed E-state index contributed by atoms with van der Waals surface area (Å²) < 4.78 is 4.95. The summed E-state index contributed by atoms with van der Waals surface area (Å²) >= 11 is 3.04. The quantitative estimate of drug-likeness (QED) is 0.742. The fourth-order valence-electron chi connectivity index (χ4n) is 1.74. The first-order valence-electron chi connectivity index (χ1n) is 7.06. The molecule has 0 saturated heterocycles. The van der Waals surface area contributed by atoms with Gasteiger partial charge in [0.1, 0.15) is 5.01 Å². The van der Waals surface area contributed by atoms with E-state index in [2.05, 4.69) is 10.3 Å². The number of amides is 2. The molecular weight excluding hydrogens is 350 g/mol. The average Bonchev–Trinajstić information content (AvgIpc) is 3.23. The van der Waals surface area contributed by atoms with Gasteiger partial charge >= 0.3 is 5.97 Å². The number of rotatable bonds is 7. The van der Waals surface area contributed by atoms with Gasteiger partial charge in [-0.05, 0) is 11.4 Å². The molecule has 128 valence electrons. The Balaban J connectivity index is 1.79. The van der Waals surface area contributed by atoms with Gasteiger partial charge in [-0.1, -0.05) is 0 Å². The second-order valence-corrected chi connectivity index (χ2v) is 6.55. The third-order valence-electron chi connectivity index (χ3n) is 3.09. The predicted octanol–water partition coefficient (Wildman–Crippen LogP) is 1.16. The lowest BCUT2D eigenvalue weighted by Gasteiger charge is -2.15. The molecule has 9 heteroatoms. The number of esters is 1. The smallest absolute Gasteiger partial charge is 0.312 e. The Bertz CT molecular complexity index is 712. The SMILES string of the molecule is CNC(=O)CN(C)C(=O)COC(=O)Cc1csc(-c2ccsc2)n1. The van der Waals surface area contributed by atoms with E-state index in [4.69, 9.17) is 4.74 Å². The van der Waals surface area contributed by atoms with Gasteiger partial charge in [0.2, 0.25) is 5.91 Å². The Morgan fingerprint density at radius 3 is 2.79 bits per heavy atom. The van der Waals surface area contributed by atoms with E-state index in [0.717, 1.165) is 10.6 Å². The van der Waals surface area contributed by atoms with Gasteiger partial charge in [-0.25, -0.2) is 4.98 Å². The van der Waals surface area contributed by atoms with Crippen molar-refractivity contribution in [2.24, 2.45) is 0 Å². The maximum atomic E-state index is 11.8. The molecule has 0 fully saturated rings. The molecule has 1 N–H and O–H groups in total. The number of likely N-dealkylation sites (N-methyl/N-ethyl adjacent to an activating group) is 2. The van der Waals surface area contributed by atoms with Gasteiger partial charge in [0, 0.05) is 30.4 Å². The molecule has 0 aliphatic heterocycles. The lowest BCUT2D eigenvalue weighted by molar-refractivity contribution is -0.151. The molecular formula is C15H17N3O4S2. The third-order valence-corrected chi connectivity index (χ3v) is 4.71. The summed E-state index contributed by atoms with van der Waals surface area (Å²) in [7, 11) is 2.96. The summed E-state index contributed by atoms with van der Waals surface area (Å²) in [6.45, 7) is -0.475. The molecule has 0 saturated carbocycles. The highest BCUT2D eigenvalue weighted by molar-refractivity contribution is 7.14. The number of aromatic nitrogens is 1. The molecule has 0 spiro atoms. The van der Waals surface area contributed by atoms with Crippen LogP contribution in [0.2, 0.25) is 0 Å². The average molecular weight is 367 g/mol. The van der Waals surface area contributed by atoms with Gasteiger partial charge in [-0.2, -0.15) is 11.3 Å². The van der Waals surface area contributed by atoms with E-state index in [0.29, 0.717) is 5.69 Å². The van der Waals surface area contributed by atoms with Gasteiger partial charge in [0.05, 0.1) is 18.7 Å². The number of thiophene rings is 1. The van der Waals surface area contributed by atoms with Crippen LogP contribution in [0.3, 0.4) is 0 Å². The number of hydrogen-bond donors (Lipinski definition) is 1. The molecule has 0 bridgehead atoms. The molecule has 2 heterocycles. The highest BCUT2D eigenvalue weighted by Crippen LogP contribution is 2.25. The van der Waals surface area contributed by atoms with Gasteiger partial charge in [0.15, 0.2) is 6.61 Å². The first-order chi connectivity index (χ1) is 11.5. The summed E-state index contributed by atoms with van der Waals surface area (Å²) in [5, 5.41) is 9.01. The van der Waals surface area contributed by atoms with Crippen molar-refractivity contribution in [3.63, 3.8) is 0 Å². The number of carbonyl (C=O) groups is 3. The molecule has 0 aliphatic carbocycles. The summed E-state index contributed by atoms with van der Waals surface area (Å²) in [6.07, 6.45) is 0.00702. The molecule has 0 aliphatic rings. The minimum absolute atomic E-state index is 0.00702. The maximum absolute atomic E-state index is 11.8. The van der Waals surface area contributed by atoms with E-state index in [1.165, 1.54) is 30.3 Å². The monoisotopic (exact) mass is 367 g/mol. The van der Waals surface area contributed by atoms with E-state index in [9.17, 15) is 14.4 Å². The second kappa shape index (κ2) is 8.55. The van der Waals surface area contributed by atoms with Crippen LogP contribution >= 0.6 is 22.7 Å². The molecule has 7 nitrogen and oxygen atoms in total. The van der Waals surface area contributed by atoms with E-state index < -0.39 is 18.5 Å². The van der Waals surface area contributed by atoms with Crippen molar-refractivity contribution in [1.29, 1.82) is 0 Å². The first-order valence-corrected chi connectivity index (χ1v) is 8.89. The zero-order valence-electron chi connectivity index (χ0n) is 13.3. The molecule has 0 aromatic carbocycles. The van der Waals surface area contributed by atoms with Gasteiger partial charge in [-0.3, -0.25) is 14.4 Å². The predicted molar refractivity (Wildman–Crippen MR) is 91.8 cm³/mol. The first kappa shape index (κ1) is 18.1. The van der Waals surface area contributed by atoms with Crippen LogP contribution in [0.1, 0.15) is 5.69 Å². The topological polar surface area (TPSA) is 88.6 Å². The molecule has 2 rings (SSSR count). The van der Waals surface area contributed by atoms with Crippen LogP contribution in [0.5, 0.6) is 0 Å². The lowest BCUT2D eigenvalue weighted by Crippen LogP contribution is -2.39. The highest BCUT2D eigenvalue weighted by Gasteiger charge is 2.15. The lowest BCUT2D eigenvalue weighted by atomic mass is 10.3. The number of ether oxygens (including phenoxy) is 1. The number of hydrogen-bond acceptors (Lipinski definition) is 7. The molecule has 0 atom stereocenters. The fraction of sp³-hybridized carbons (Fsp3) is 0.333. The molecule has 2 aromatic rings. The van der Waals surface area contributed by atoms with Gasteiger partial charge in [-0.15, -0.1) is 11.3 Å². The van der Waals surface area contributed by atoms with Crippen molar-refractivity contribution >= 4 is 40.5 Å². The zero-order valence-corrected chi connectivity index (χ0v) is 14.9. The number of thiazole rings is 1. The van der Waals surface area contributed by atoms with Crippen molar-refractivity contribution < 1.29 is 19.1 Å². The Morgan fingerprint density at radius 1 is 1.33 bits per heavy atom. The van der Waals surface area contributed by atoms with Crippen LogP contribution in [-0.4, -0.2) is 54.9 Å². The van der Waals surface area contributed by atoms with Crippen molar-refractivity contribution in [3.8, 4) is 10.6 Å². The van der Waals surface area contributed by atoms with Crippen LogP contribution < -0.4 is 5.32 Å². The molecule has 0 unspecified atom stereocenters. The summed E-state index contributed by atoms with van der Waals surface area (Å²) in [5.41, 5.74) is 1.63. The minimum atomic E-state index is -0.529. The van der Waals surface area contributed by atoms with Gasteiger partial charge in [0.25, 0.3) is 5.91 Å². The van der Waals surface area contributed by atoms with Crippen LogP contribution in [0.25, 0.3) is 10.6 Å². The van der Waals surface area contributed by atoms with Crippen LogP contribution in [-0.2, 0) is 25.5 Å². The standard InChI is InChI=1S/C15H17N3O4S2/c1-16-12(19)6-18(2)13(20)7-22-14(21)5-11-9-24-15(17-11)10-3-4-23-8-10/h3-4,8-9H,5-7H2,1-2H3,(H,16,19). The normalized spacial score (nSPS) is 10.2. The van der Waals surface area contributed by atoms with E-state index in [1.54, 1.807) is 16.7 Å². The highest BCUT2D eigenvalue weighted by atomic mass is 32.1. The van der Waals surface area contributed by atoms with Crippen molar-refractivity contribution in [3.05, 3.63) is 27.9 Å². The Kier molecular flexibility index (Phi) is 6.44. The van der Waals surface area contributed by atoms with Crippen LogP contribution in [0.15, 0.2) is 22.2 Å². The van der Waals surface area contributed by atoms with Crippen molar-refractivity contribution in [1.82, 2.24) is 15.2 Å². The number of nitrogens with one attached hydrogen (secondary N) is 1. The fourth-order valence-corrected chi connectivity index (χ4v) is 3.27. The molecule has 24 heavy (non-hydrogen) atoms. The third kappa shape index (κ3) is 5.14. The van der Waals surface area contributed by atoms with E-state index in [-0.39, 0.29) is 18.9 Å². The molecule has 2 aromatic heterocycles. The van der Waals surface area contributed by atoms with E-state index >= 15 is 0 Å². The van der Waals surface area contributed by atoms with Crippen molar-refractivity contribution in [2.45, 2.75) is 6.42 Å². The number of nitrogens with zero attached hydrogens (tertiary/aromatic N) is 2. The van der Waals surface area contributed by atoms with Crippen LogP contribution in [0, 0.1) is 0 Å². The summed E-state index contributed by atoms with van der Waals surface area (Å²) in [5.74, 6) is -1.26. The maximum Gasteiger partial charge on any atom is 0.312 e. The second-order valence-electron chi connectivity index (χ2n) is 4.92. The molecule has 2 amide bonds. The molecule has 0 radical (unpaired) electrons. The van der Waals surface area contributed by atoms with Crippen LogP contribution in [0.4, 0.5) is 0 Å². The van der Waals surface area contributed by atoms with Gasteiger partial charge < -0.3 is 15.0 Å². The Morgan fingerprint density at radius 2 is 2.12 bits per heavy atom. The summed E-state index contributed by atoms with van der Waals surface area (Å²) in [4.78, 5) is 40.3. The largest absolute Gasteiger partial charge is 0.455 e.